The number of amides is 1. The molecule has 0 unspecified atom stereocenters. The summed E-state index contributed by atoms with van der Waals surface area (Å²) < 4.78 is 30.7. The van der Waals surface area contributed by atoms with Gasteiger partial charge in [-0.3, -0.25) is 9.63 Å². The van der Waals surface area contributed by atoms with Crippen molar-refractivity contribution in [2.75, 3.05) is 25.6 Å². The van der Waals surface area contributed by atoms with Crippen LogP contribution in [0.2, 0.25) is 0 Å². The van der Waals surface area contributed by atoms with Crippen molar-refractivity contribution in [3.63, 3.8) is 0 Å². The van der Waals surface area contributed by atoms with E-state index >= 15 is 0 Å². The number of ether oxygens (including phenoxy) is 1. The van der Waals surface area contributed by atoms with Gasteiger partial charge in [0.15, 0.2) is 0 Å². The van der Waals surface area contributed by atoms with Crippen LogP contribution < -0.4 is 10.1 Å². The largest absolute Gasteiger partial charge is 0.495 e. The van der Waals surface area contributed by atoms with Crippen LogP contribution in [0.5, 0.6) is 5.75 Å². The molecular weight excluding hydrogens is 284 g/mol. The topological polar surface area (TPSA) is 84.9 Å². The number of rotatable bonds is 4. The second-order valence-electron chi connectivity index (χ2n) is 4.26. The van der Waals surface area contributed by atoms with Crippen molar-refractivity contribution >= 4 is 21.6 Å². The molecule has 7 nitrogen and oxygen atoms in total. The van der Waals surface area contributed by atoms with Gasteiger partial charge in [0.05, 0.1) is 24.3 Å². The first-order valence-electron chi connectivity index (χ1n) is 6.06. The lowest BCUT2D eigenvalue weighted by atomic mass is 10.3. The Morgan fingerprint density at radius 1 is 1.45 bits per heavy atom. The average molecular weight is 300 g/mol. The Hall–Kier alpha value is -1.64. The molecule has 1 fully saturated rings. The molecule has 1 aliphatic heterocycles. The highest BCUT2D eigenvalue weighted by atomic mass is 32.2. The number of hydrogen-bond donors (Lipinski definition) is 1. The van der Waals surface area contributed by atoms with E-state index in [1.807, 2.05) is 0 Å². The van der Waals surface area contributed by atoms with Gasteiger partial charge in [-0.15, -0.1) is 0 Å². The van der Waals surface area contributed by atoms with Crippen molar-refractivity contribution in [3.05, 3.63) is 18.2 Å². The van der Waals surface area contributed by atoms with Crippen LogP contribution >= 0.6 is 0 Å². The average Bonchev–Trinajstić information content (AvgIpc) is 2.92. The minimum Gasteiger partial charge on any atom is -0.495 e. The predicted molar refractivity (Wildman–Crippen MR) is 71.8 cm³/mol. The van der Waals surface area contributed by atoms with E-state index in [-0.39, 0.29) is 10.8 Å². The monoisotopic (exact) mass is 300 g/mol. The van der Waals surface area contributed by atoms with Crippen LogP contribution in [0.15, 0.2) is 23.1 Å². The summed E-state index contributed by atoms with van der Waals surface area (Å²) >= 11 is 0. The Kier molecular flexibility index (Phi) is 4.26. The van der Waals surface area contributed by atoms with Crippen LogP contribution in [0.4, 0.5) is 5.69 Å². The third-order valence-electron chi connectivity index (χ3n) is 2.77. The van der Waals surface area contributed by atoms with Gasteiger partial charge >= 0.3 is 0 Å². The zero-order valence-electron chi connectivity index (χ0n) is 11.3. The highest BCUT2D eigenvalue weighted by Gasteiger charge is 2.29. The molecule has 0 aromatic heterocycles. The highest BCUT2D eigenvalue weighted by Crippen LogP contribution is 2.29. The van der Waals surface area contributed by atoms with Gasteiger partial charge in [-0.1, -0.05) is 4.47 Å². The van der Waals surface area contributed by atoms with Crippen LogP contribution in [0, 0.1) is 0 Å². The molecule has 1 N–H and O–H groups in total. The van der Waals surface area contributed by atoms with Crippen molar-refractivity contribution < 1.29 is 22.8 Å². The quantitative estimate of drug-likeness (QED) is 0.896. The summed E-state index contributed by atoms with van der Waals surface area (Å²) in [5.41, 5.74) is 0.306. The van der Waals surface area contributed by atoms with Gasteiger partial charge in [-0.05, 0) is 24.6 Å². The third-order valence-corrected chi connectivity index (χ3v) is 4.44. The van der Waals surface area contributed by atoms with Crippen LogP contribution in [0.1, 0.15) is 13.3 Å². The minimum absolute atomic E-state index is 0.0453. The highest BCUT2D eigenvalue weighted by molar-refractivity contribution is 7.89. The van der Waals surface area contributed by atoms with E-state index < -0.39 is 10.0 Å². The van der Waals surface area contributed by atoms with Crippen molar-refractivity contribution in [2.45, 2.75) is 18.2 Å². The van der Waals surface area contributed by atoms with E-state index in [0.29, 0.717) is 31.0 Å². The molecule has 0 atom stereocenters. The normalized spacial score (nSPS) is 16.1. The Bertz CT molecular complexity index is 608. The van der Waals surface area contributed by atoms with Crippen molar-refractivity contribution in [1.29, 1.82) is 0 Å². The summed E-state index contributed by atoms with van der Waals surface area (Å²) in [5, 5.41) is 2.54. The first kappa shape index (κ1) is 14.8. The number of sulfonamides is 1. The molecule has 0 bridgehead atoms. The Labute approximate surface area is 117 Å². The summed E-state index contributed by atoms with van der Waals surface area (Å²) in [6.07, 6.45) is 0.661. The SMILES string of the molecule is COc1ccc(S(=O)(=O)N2CCCO2)cc1NC(C)=O. The smallest absolute Gasteiger partial charge is 0.265 e. The summed E-state index contributed by atoms with van der Waals surface area (Å²) in [4.78, 5) is 16.3. The molecule has 20 heavy (non-hydrogen) atoms. The van der Waals surface area contributed by atoms with E-state index in [0.717, 1.165) is 4.47 Å². The Balaban J connectivity index is 2.39. The Morgan fingerprint density at radius 2 is 2.20 bits per heavy atom. The lowest BCUT2D eigenvalue weighted by molar-refractivity contribution is -0.114. The first-order chi connectivity index (χ1) is 9.45. The van der Waals surface area contributed by atoms with Gasteiger partial charge in [0, 0.05) is 13.5 Å². The Morgan fingerprint density at radius 3 is 2.75 bits per heavy atom. The fraction of sp³-hybridized carbons (Fsp3) is 0.417. The zero-order valence-corrected chi connectivity index (χ0v) is 12.1. The van der Waals surface area contributed by atoms with Crippen molar-refractivity contribution in [1.82, 2.24) is 4.47 Å². The summed E-state index contributed by atoms with van der Waals surface area (Å²) in [6, 6.07) is 4.27. The second-order valence-corrected chi connectivity index (χ2v) is 6.09. The fourth-order valence-electron chi connectivity index (χ4n) is 1.87. The van der Waals surface area contributed by atoms with Crippen LogP contribution in [0.3, 0.4) is 0 Å². The number of hydroxylamine groups is 1. The summed E-state index contributed by atoms with van der Waals surface area (Å²) in [6.45, 7) is 2.04. The molecule has 0 spiro atoms. The van der Waals surface area contributed by atoms with E-state index in [4.69, 9.17) is 9.57 Å². The molecule has 0 aliphatic carbocycles. The van der Waals surface area contributed by atoms with E-state index in [1.165, 1.54) is 32.2 Å². The van der Waals surface area contributed by atoms with Crippen LogP contribution in [-0.4, -0.2) is 39.1 Å². The summed E-state index contributed by atoms with van der Waals surface area (Å²) in [7, 11) is -2.27. The number of carbonyl (C=O) groups excluding carboxylic acids is 1. The molecular formula is C12H16N2O5S. The van der Waals surface area contributed by atoms with E-state index in [2.05, 4.69) is 5.32 Å². The number of methoxy groups -OCH3 is 1. The molecule has 1 saturated heterocycles. The molecule has 0 saturated carbocycles. The maximum atomic E-state index is 12.3. The minimum atomic E-state index is -3.72. The maximum absolute atomic E-state index is 12.3. The number of hydrogen-bond acceptors (Lipinski definition) is 5. The standard InChI is InChI=1S/C12H16N2O5S/c1-9(15)13-11-8-10(4-5-12(11)18-2)20(16,17)14-6-3-7-19-14/h4-5,8H,3,6-7H2,1-2H3,(H,13,15). The molecule has 2 rings (SSSR count). The molecule has 1 aliphatic rings. The number of anilines is 1. The molecule has 1 amide bonds. The zero-order chi connectivity index (χ0) is 14.8. The molecule has 110 valence electrons. The fourth-order valence-corrected chi connectivity index (χ4v) is 3.19. The number of nitrogens with zero attached hydrogens (tertiary/aromatic N) is 1. The van der Waals surface area contributed by atoms with Gasteiger partial charge in [-0.25, -0.2) is 8.42 Å². The second kappa shape index (κ2) is 5.78. The van der Waals surface area contributed by atoms with Gasteiger partial charge in [-0.2, -0.15) is 0 Å². The van der Waals surface area contributed by atoms with Crippen molar-refractivity contribution in [2.24, 2.45) is 0 Å². The van der Waals surface area contributed by atoms with E-state index in [1.54, 1.807) is 0 Å². The first-order valence-corrected chi connectivity index (χ1v) is 7.50. The number of carbonyl (C=O) groups is 1. The van der Waals surface area contributed by atoms with E-state index in [9.17, 15) is 13.2 Å². The molecule has 0 radical (unpaired) electrons. The third kappa shape index (κ3) is 2.92. The van der Waals surface area contributed by atoms with Crippen molar-refractivity contribution in [3.8, 4) is 5.75 Å². The maximum Gasteiger partial charge on any atom is 0.265 e. The van der Waals surface area contributed by atoms with Gasteiger partial charge in [0.2, 0.25) is 5.91 Å². The van der Waals surface area contributed by atoms with Crippen LogP contribution in [-0.2, 0) is 19.7 Å². The molecule has 1 aromatic rings. The molecule has 1 heterocycles. The van der Waals surface area contributed by atoms with Gasteiger partial charge < -0.3 is 10.1 Å². The number of nitrogens with one attached hydrogen (secondary N) is 1. The molecule has 1 aromatic carbocycles. The van der Waals surface area contributed by atoms with Crippen LogP contribution in [0.25, 0.3) is 0 Å². The lowest BCUT2D eigenvalue weighted by Gasteiger charge is -2.16. The lowest BCUT2D eigenvalue weighted by Crippen LogP contribution is -2.26. The summed E-state index contributed by atoms with van der Waals surface area (Å²) in [5.74, 6) is 0.0803. The predicted octanol–water partition coefficient (Wildman–Crippen LogP) is 0.980. The molecule has 8 heteroatoms. The van der Waals surface area contributed by atoms with Gasteiger partial charge in [0.1, 0.15) is 5.75 Å². The number of benzene rings is 1. The van der Waals surface area contributed by atoms with Gasteiger partial charge in [0.25, 0.3) is 10.0 Å².